The first-order chi connectivity index (χ1) is 21.7. The van der Waals surface area contributed by atoms with Gasteiger partial charge in [-0.3, -0.25) is 9.59 Å². The number of hydrogen-bond donors (Lipinski definition) is 1. The van der Waals surface area contributed by atoms with E-state index in [4.69, 9.17) is 0 Å². The number of sulfonamides is 1. The zero-order chi connectivity index (χ0) is 31.8. The molecule has 2 amide bonds. The average Bonchev–Trinajstić information content (AvgIpc) is 3.61. The van der Waals surface area contributed by atoms with Crippen LogP contribution in [0.25, 0.3) is 0 Å². The van der Waals surface area contributed by atoms with Gasteiger partial charge in [-0.05, 0) is 72.7 Å². The number of carbonyl (C=O) groups excluding carboxylic acids is 2. The largest absolute Gasteiger partial charge is 0.350 e. The van der Waals surface area contributed by atoms with Crippen molar-refractivity contribution in [1.29, 1.82) is 0 Å². The molecule has 1 atom stereocenters. The first-order valence-electron chi connectivity index (χ1n) is 15.2. The molecular weight excluding hydrogens is 589 g/mol. The van der Waals surface area contributed by atoms with Gasteiger partial charge in [-0.1, -0.05) is 84.4 Å². The first-order valence-corrected chi connectivity index (χ1v) is 16.7. The Morgan fingerprint density at radius 2 is 1.42 bits per heavy atom. The van der Waals surface area contributed by atoms with Crippen LogP contribution in [0.5, 0.6) is 0 Å². The molecule has 1 N–H and O–H groups in total. The number of rotatable bonds is 12. The van der Waals surface area contributed by atoms with Gasteiger partial charge in [0.2, 0.25) is 21.8 Å². The third kappa shape index (κ3) is 8.23. The summed E-state index contributed by atoms with van der Waals surface area (Å²) in [4.78, 5) is 29.6. The summed E-state index contributed by atoms with van der Waals surface area (Å²) in [6.45, 7) is 3.46. The highest BCUT2D eigenvalue weighted by Crippen LogP contribution is 2.26. The molecule has 7 nitrogen and oxygen atoms in total. The Kier molecular flexibility index (Phi) is 10.4. The predicted molar refractivity (Wildman–Crippen MR) is 172 cm³/mol. The monoisotopic (exact) mass is 627 g/mol. The maximum absolute atomic E-state index is 14.0. The Morgan fingerprint density at radius 3 is 2.07 bits per heavy atom. The normalized spacial score (nSPS) is 14.2. The second-order valence-electron chi connectivity index (χ2n) is 11.4. The molecule has 0 spiro atoms. The zero-order valence-electron chi connectivity index (χ0n) is 25.4. The van der Waals surface area contributed by atoms with Crippen molar-refractivity contribution in [3.8, 4) is 0 Å². The Bertz CT molecular complexity index is 1690. The minimum absolute atomic E-state index is 0.0913. The van der Waals surface area contributed by atoms with Crippen LogP contribution in [0, 0.1) is 12.7 Å². The summed E-state index contributed by atoms with van der Waals surface area (Å²) < 4.78 is 41.1. The summed E-state index contributed by atoms with van der Waals surface area (Å²) in [6, 6.07) is 28.7. The number of nitrogens with one attached hydrogen (secondary N) is 1. The fraction of sp³-hybridized carbons (Fsp3) is 0.278. The van der Waals surface area contributed by atoms with Gasteiger partial charge in [-0.15, -0.1) is 0 Å². The van der Waals surface area contributed by atoms with E-state index in [1.54, 1.807) is 41.3 Å². The summed E-state index contributed by atoms with van der Waals surface area (Å²) in [5.41, 5.74) is 4.21. The van der Waals surface area contributed by atoms with Crippen LogP contribution in [0.1, 0.15) is 53.1 Å². The average molecular weight is 628 g/mol. The van der Waals surface area contributed by atoms with E-state index in [2.05, 4.69) is 5.32 Å². The first kappa shape index (κ1) is 32.1. The molecule has 9 heteroatoms. The van der Waals surface area contributed by atoms with E-state index >= 15 is 0 Å². The molecule has 1 heterocycles. The zero-order valence-corrected chi connectivity index (χ0v) is 26.2. The van der Waals surface area contributed by atoms with Crippen molar-refractivity contribution >= 4 is 21.8 Å². The van der Waals surface area contributed by atoms with Crippen LogP contribution < -0.4 is 5.32 Å². The van der Waals surface area contributed by atoms with Crippen molar-refractivity contribution in [1.82, 2.24) is 14.5 Å². The number of amides is 2. The van der Waals surface area contributed by atoms with Gasteiger partial charge in [0.1, 0.15) is 11.9 Å². The van der Waals surface area contributed by atoms with E-state index in [9.17, 15) is 22.4 Å². The number of benzene rings is 4. The Hall–Kier alpha value is -4.34. The van der Waals surface area contributed by atoms with Crippen LogP contribution in [-0.4, -0.2) is 42.5 Å². The van der Waals surface area contributed by atoms with Crippen LogP contribution in [0.15, 0.2) is 108 Å². The van der Waals surface area contributed by atoms with Crippen LogP contribution in [0.2, 0.25) is 0 Å². The molecule has 1 aliphatic heterocycles. The van der Waals surface area contributed by atoms with Crippen molar-refractivity contribution in [2.75, 3.05) is 13.1 Å². The summed E-state index contributed by atoms with van der Waals surface area (Å²) in [6.07, 6.45) is 2.17. The lowest BCUT2D eigenvalue weighted by molar-refractivity contribution is -0.141. The summed E-state index contributed by atoms with van der Waals surface area (Å²) in [7, 11) is -3.53. The Morgan fingerprint density at radius 1 is 0.822 bits per heavy atom. The SMILES string of the molecule is Cc1ccc(CNC(=O)[C@@H](c2ccccc2)N(Cc2ccc(F)cc2)C(=O)CCc2ccc(S(=O)(=O)N3CCCC3)cc2)cc1. The molecular formula is C36H38FN3O4S. The number of aryl methyl sites for hydroxylation is 2. The molecule has 1 aliphatic rings. The third-order valence-electron chi connectivity index (χ3n) is 8.10. The van der Waals surface area contributed by atoms with E-state index < -0.39 is 16.1 Å². The van der Waals surface area contributed by atoms with Crippen LogP contribution in [0.3, 0.4) is 0 Å². The second-order valence-corrected chi connectivity index (χ2v) is 13.4. The number of hydrogen-bond acceptors (Lipinski definition) is 4. The lowest BCUT2D eigenvalue weighted by atomic mass is 10.0. The van der Waals surface area contributed by atoms with E-state index in [-0.39, 0.29) is 35.5 Å². The van der Waals surface area contributed by atoms with Gasteiger partial charge < -0.3 is 10.2 Å². The molecule has 234 valence electrons. The third-order valence-corrected chi connectivity index (χ3v) is 10.0. The highest BCUT2D eigenvalue weighted by atomic mass is 32.2. The molecule has 0 aromatic heterocycles. The van der Waals surface area contributed by atoms with Crippen molar-refractivity contribution in [3.05, 3.63) is 137 Å². The van der Waals surface area contributed by atoms with E-state index in [0.29, 0.717) is 37.2 Å². The molecule has 1 saturated heterocycles. The topological polar surface area (TPSA) is 86.8 Å². The van der Waals surface area contributed by atoms with Crippen LogP contribution in [0.4, 0.5) is 4.39 Å². The van der Waals surface area contributed by atoms with Gasteiger partial charge >= 0.3 is 0 Å². The molecule has 0 radical (unpaired) electrons. The number of nitrogens with zero attached hydrogens (tertiary/aromatic N) is 2. The molecule has 0 unspecified atom stereocenters. The lowest BCUT2D eigenvalue weighted by Crippen LogP contribution is -2.43. The summed E-state index contributed by atoms with van der Waals surface area (Å²) >= 11 is 0. The maximum Gasteiger partial charge on any atom is 0.247 e. The van der Waals surface area contributed by atoms with E-state index in [1.165, 1.54) is 16.4 Å². The highest BCUT2D eigenvalue weighted by Gasteiger charge is 2.31. The fourth-order valence-corrected chi connectivity index (χ4v) is 7.03. The smallest absolute Gasteiger partial charge is 0.247 e. The standard InChI is InChI=1S/C36H38FN3O4S/c1-27-9-11-29(12-10-27)25-38-36(42)35(31-7-3-2-4-8-31)40(26-30-13-18-32(37)19-14-30)34(41)22-17-28-15-20-33(21-16-28)45(43,44)39-23-5-6-24-39/h2-4,7-16,18-21,35H,5-6,17,22-26H2,1H3,(H,38,42)/t35-/m1/s1. The molecule has 4 aromatic carbocycles. The molecule has 1 fully saturated rings. The van der Waals surface area contributed by atoms with Crippen molar-refractivity contribution in [3.63, 3.8) is 0 Å². The molecule has 4 aromatic rings. The van der Waals surface area contributed by atoms with Crippen molar-refractivity contribution in [2.45, 2.75) is 56.6 Å². The van der Waals surface area contributed by atoms with Gasteiger partial charge in [0, 0.05) is 32.6 Å². The minimum atomic E-state index is -3.53. The van der Waals surface area contributed by atoms with Gasteiger partial charge in [0.15, 0.2) is 0 Å². The molecule has 45 heavy (non-hydrogen) atoms. The molecule has 0 saturated carbocycles. The Labute approximate surface area is 264 Å². The van der Waals surface area contributed by atoms with E-state index in [1.807, 2.05) is 61.5 Å². The summed E-state index contributed by atoms with van der Waals surface area (Å²) in [5, 5.41) is 3.01. The number of carbonyl (C=O) groups is 2. The van der Waals surface area contributed by atoms with Crippen LogP contribution >= 0.6 is 0 Å². The van der Waals surface area contributed by atoms with Crippen molar-refractivity contribution < 1.29 is 22.4 Å². The minimum Gasteiger partial charge on any atom is -0.350 e. The van der Waals surface area contributed by atoms with E-state index in [0.717, 1.165) is 29.5 Å². The predicted octanol–water partition coefficient (Wildman–Crippen LogP) is 5.94. The second kappa shape index (κ2) is 14.6. The molecule has 0 aliphatic carbocycles. The molecule has 0 bridgehead atoms. The fourth-order valence-electron chi connectivity index (χ4n) is 5.51. The van der Waals surface area contributed by atoms with Crippen molar-refractivity contribution in [2.24, 2.45) is 0 Å². The summed E-state index contributed by atoms with van der Waals surface area (Å²) in [5.74, 6) is -0.969. The molecule has 5 rings (SSSR count). The lowest BCUT2D eigenvalue weighted by Gasteiger charge is -2.32. The maximum atomic E-state index is 14.0. The van der Waals surface area contributed by atoms with Gasteiger partial charge in [0.25, 0.3) is 0 Å². The van der Waals surface area contributed by atoms with Gasteiger partial charge in [-0.25, -0.2) is 12.8 Å². The van der Waals surface area contributed by atoms with Gasteiger partial charge in [-0.2, -0.15) is 4.31 Å². The van der Waals surface area contributed by atoms with Crippen LogP contribution in [-0.2, 0) is 39.1 Å². The number of halogens is 1. The quantitative estimate of drug-likeness (QED) is 0.211. The van der Waals surface area contributed by atoms with Gasteiger partial charge in [0.05, 0.1) is 4.90 Å². The highest BCUT2D eigenvalue weighted by molar-refractivity contribution is 7.89. The Balaban J connectivity index is 1.37.